The molecule has 0 aliphatic heterocycles. The van der Waals surface area contributed by atoms with E-state index >= 15 is 0 Å². The Morgan fingerprint density at radius 2 is 1.88 bits per heavy atom. The van der Waals surface area contributed by atoms with Gasteiger partial charge in [0.25, 0.3) is 0 Å². The van der Waals surface area contributed by atoms with Crippen molar-refractivity contribution in [3.63, 3.8) is 0 Å². The fraction of sp³-hybridized carbons (Fsp3) is 0.500. The van der Waals surface area contributed by atoms with Gasteiger partial charge >= 0.3 is 0 Å². The zero-order valence-corrected chi connectivity index (χ0v) is 10.8. The number of hydrogen-bond acceptors (Lipinski definition) is 4. The number of aliphatic hydroxyl groups is 1. The normalized spacial score (nSPS) is 11.4. The molecule has 0 saturated heterocycles. The van der Waals surface area contributed by atoms with Crippen LogP contribution >= 0.6 is 0 Å². The smallest absolute Gasteiger partial charge is 0.178 e. The molecule has 4 nitrogen and oxygen atoms in total. The van der Waals surface area contributed by atoms with Crippen LogP contribution < -0.4 is 5.32 Å². The molecule has 0 atom stereocenters. The Hall–Kier alpha value is -1.07. The first-order valence-electron chi connectivity index (χ1n) is 5.77. The molecular weight excluding hydrogens is 238 g/mol. The maximum atomic E-state index is 11.8. The second-order valence-corrected chi connectivity index (χ2v) is 5.96. The molecule has 1 rings (SSSR count). The van der Waals surface area contributed by atoms with Crippen LogP contribution in [0.4, 0.5) is 5.69 Å². The van der Waals surface area contributed by atoms with Crippen molar-refractivity contribution >= 4 is 15.5 Å². The molecule has 1 aromatic carbocycles. The standard InChI is InChI=1S/C12H19NO3S/c1-2-10-17(15,16)12-6-4-11(5-7-12)13-8-3-9-14/h4-7,13-14H,2-3,8-10H2,1H3. The molecule has 0 fully saturated rings. The zero-order valence-electron chi connectivity index (χ0n) is 10.0. The van der Waals surface area contributed by atoms with Crippen LogP contribution in [0.3, 0.4) is 0 Å². The third kappa shape index (κ3) is 4.36. The van der Waals surface area contributed by atoms with E-state index in [-0.39, 0.29) is 12.4 Å². The molecule has 0 heterocycles. The van der Waals surface area contributed by atoms with E-state index in [0.717, 1.165) is 5.69 Å². The molecule has 0 aliphatic carbocycles. The van der Waals surface area contributed by atoms with Crippen molar-refractivity contribution < 1.29 is 13.5 Å². The average molecular weight is 257 g/mol. The Morgan fingerprint density at radius 1 is 1.24 bits per heavy atom. The van der Waals surface area contributed by atoms with Crippen molar-refractivity contribution in [3.05, 3.63) is 24.3 Å². The molecule has 17 heavy (non-hydrogen) atoms. The van der Waals surface area contributed by atoms with Gasteiger partial charge < -0.3 is 10.4 Å². The van der Waals surface area contributed by atoms with Gasteiger partial charge in [-0.05, 0) is 37.1 Å². The lowest BCUT2D eigenvalue weighted by molar-refractivity contribution is 0.292. The lowest BCUT2D eigenvalue weighted by Crippen LogP contribution is -2.07. The third-order valence-corrected chi connectivity index (χ3v) is 4.29. The van der Waals surface area contributed by atoms with Crippen LogP contribution in [0.2, 0.25) is 0 Å². The maximum absolute atomic E-state index is 11.8. The highest BCUT2D eigenvalue weighted by molar-refractivity contribution is 7.91. The predicted octanol–water partition coefficient (Wildman–Crippen LogP) is 1.66. The Balaban J connectivity index is 2.68. The maximum Gasteiger partial charge on any atom is 0.178 e. The van der Waals surface area contributed by atoms with E-state index in [1.165, 1.54) is 0 Å². The SMILES string of the molecule is CCCS(=O)(=O)c1ccc(NCCCO)cc1. The van der Waals surface area contributed by atoms with Crippen LogP contribution in [-0.4, -0.2) is 32.4 Å². The summed E-state index contributed by atoms with van der Waals surface area (Å²) in [5.74, 6) is 0.185. The quantitative estimate of drug-likeness (QED) is 0.729. The van der Waals surface area contributed by atoms with Crippen molar-refractivity contribution in [2.45, 2.75) is 24.7 Å². The van der Waals surface area contributed by atoms with E-state index in [2.05, 4.69) is 5.32 Å². The molecule has 0 aromatic heterocycles. The number of aliphatic hydroxyl groups excluding tert-OH is 1. The summed E-state index contributed by atoms with van der Waals surface area (Å²) in [5.41, 5.74) is 0.869. The van der Waals surface area contributed by atoms with Crippen molar-refractivity contribution in [2.75, 3.05) is 24.2 Å². The van der Waals surface area contributed by atoms with Gasteiger partial charge in [-0.25, -0.2) is 8.42 Å². The van der Waals surface area contributed by atoms with Gasteiger partial charge in [0.15, 0.2) is 9.84 Å². The highest BCUT2D eigenvalue weighted by atomic mass is 32.2. The summed E-state index contributed by atoms with van der Waals surface area (Å²) in [6, 6.07) is 6.73. The summed E-state index contributed by atoms with van der Waals surface area (Å²) in [5, 5.41) is 11.7. The zero-order chi connectivity index (χ0) is 12.7. The second-order valence-electron chi connectivity index (χ2n) is 3.85. The summed E-state index contributed by atoms with van der Waals surface area (Å²) in [4.78, 5) is 0.368. The second kappa shape index (κ2) is 6.61. The first kappa shape index (κ1) is 14.0. The molecule has 0 aliphatic rings. The molecule has 0 bridgehead atoms. The first-order valence-corrected chi connectivity index (χ1v) is 7.43. The Labute approximate surface area is 103 Å². The van der Waals surface area contributed by atoms with E-state index in [4.69, 9.17) is 5.11 Å². The summed E-state index contributed by atoms with van der Waals surface area (Å²) in [6.45, 7) is 2.68. The van der Waals surface area contributed by atoms with Gasteiger partial charge in [0.05, 0.1) is 10.6 Å². The number of sulfone groups is 1. The molecule has 0 radical (unpaired) electrons. The van der Waals surface area contributed by atoms with Crippen LogP contribution in [-0.2, 0) is 9.84 Å². The van der Waals surface area contributed by atoms with Gasteiger partial charge in [0.2, 0.25) is 0 Å². The van der Waals surface area contributed by atoms with Crippen molar-refractivity contribution in [2.24, 2.45) is 0 Å². The number of nitrogens with one attached hydrogen (secondary N) is 1. The highest BCUT2D eigenvalue weighted by Crippen LogP contribution is 2.15. The number of benzene rings is 1. The monoisotopic (exact) mass is 257 g/mol. The van der Waals surface area contributed by atoms with E-state index in [1.54, 1.807) is 24.3 Å². The molecule has 2 N–H and O–H groups in total. The molecule has 0 unspecified atom stereocenters. The van der Waals surface area contributed by atoms with Crippen LogP contribution in [0.25, 0.3) is 0 Å². The molecule has 0 amide bonds. The largest absolute Gasteiger partial charge is 0.396 e. The first-order chi connectivity index (χ1) is 8.10. The molecule has 96 valence electrons. The summed E-state index contributed by atoms with van der Waals surface area (Å²) >= 11 is 0. The van der Waals surface area contributed by atoms with Crippen LogP contribution in [0, 0.1) is 0 Å². The minimum absolute atomic E-state index is 0.149. The van der Waals surface area contributed by atoms with Crippen molar-refractivity contribution in [1.82, 2.24) is 0 Å². The van der Waals surface area contributed by atoms with Gasteiger partial charge in [-0.1, -0.05) is 6.92 Å². The highest BCUT2D eigenvalue weighted by Gasteiger charge is 2.12. The van der Waals surface area contributed by atoms with E-state index in [0.29, 0.717) is 24.3 Å². The lowest BCUT2D eigenvalue weighted by Gasteiger charge is -2.07. The minimum atomic E-state index is -3.12. The van der Waals surface area contributed by atoms with Crippen LogP contribution in [0.5, 0.6) is 0 Å². The fourth-order valence-electron chi connectivity index (χ4n) is 1.48. The molecule has 0 saturated carbocycles. The van der Waals surface area contributed by atoms with Gasteiger partial charge in [-0.2, -0.15) is 0 Å². The molecule has 0 spiro atoms. The van der Waals surface area contributed by atoms with Crippen molar-refractivity contribution in [3.8, 4) is 0 Å². The Kier molecular flexibility index (Phi) is 5.44. The number of rotatable bonds is 7. The fourth-order valence-corrected chi connectivity index (χ4v) is 2.80. The van der Waals surface area contributed by atoms with Crippen LogP contribution in [0.15, 0.2) is 29.2 Å². The van der Waals surface area contributed by atoms with Gasteiger partial charge in [0, 0.05) is 18.8 Å². The summed E-state index contributed by atoms with van der Waals surface area (Å²) < 4.78 is 23.5. The average Bonchev–Trinajstić information content (AvgIpc) is 2.30. The molecular formula is C12H19NO3S. The van der Waals surface area contributed by atoms with Gasteiger partial charge in [0.1, 0.15) is 0 Å². The van der Waals surface area contributed by atoms with E-state index in [9.17, 15) is 8.42 Å². The summed E-state index contributed by atoms with van der Waals surface area (Å²) in [7, 11) is -3.12. The third-order valence-electron chi connectivity index (χ3n) is 2.35. The summed E-state index contributed by atoms with van der Waals surface area (Å²) in [6.07, 6.45) is 1.30. The Morgan fingerprint density at radius 3 is 2.41 bits per heavy atom. The van der Waals surface area contributed by atoms with E-state index < -0.39 is 9.84 Å². The molecule has 1 aromatic rings. The number of anilines is 1. The minimum Gasteiger partial charge on any atom is -0.396 e. The predicted molar refractivity (Wildman–Crippen MR) is 69.0 cm³/mol. The van der Waals surface area contributed by atoms with Gasteiger partial charge in [-0.15, -0.1) is 0 Å². The van der Waals surface area contributed by atoms with Crippen molar-refractivity contribution in [1.29, 1.82) is 0 Å². The van der Waals surface area contributed by atoms with E-state index in [1.807, 2.05) is 6.92 Å². The Bertz CT molecular complexity index is 426. The lowest BCUT2D eigenvalue weighted by atomic mass is 10.3. The van der Waals surface area contributed by atoms with Gasteiger partial charge in [-0.3, -0.25) is 0 Å². The number of hydrogen-bond donors (Lipinski definition) is 2. The molecule has 5 heteroatoms. The van der Waals surface area contributed by atoms with Crippen LogP contribution in [0.1, 0.15) is 19.8 Å². The topological polar surface area (TPSA) is 66.4 Å².